The van der Waals surface area contributed by atoms with E-state index >= 15 is 0 Å². The van der Waals surface area contributed by atoms with Crippen LogP contribution in [0.4, 0.5) is 4.79 Å². The molecule has 0 aromatic rings. The first-order valence-electron chi connectivity index (χ1n) is 4.98. The van der Waals surface area contributed by atoms with Crippen LogP contribution in [0.15, 0.2) is 12.2 Å². The third-order valence-corrected chi connectivity index (χ3v) is 2.29. The quantitative estimate of drug-likeness (QED) is 0.689. The molecule has 0 spiro atoms. The first-order valence-corrected chi connectivity index (χ1v) is 4.98. The van der Waals surface area contributed by atoms with Crippen molar-refractivity contribution in [1.82, 2.24) is 5.32 Å². The summed E-state index contributed by atoms with van der Waals surface area (Å²) in [6.45, 7) is 4.68. The third kappa shape index (κ3) is 2.70. The Kier molecular flexibility index (Phi) is 2.67. The summed E-state index contributed by atoms with van der Waals surface area (Å²) in [5, 5.41) is 2.65. The molecule has 2 heterocycles. The monoisotopic (exact) mass is 213 g/mol. The molecule has 15 heavy (non-hydrogen) atoms. The van der Waals surface area contributed by atoms with Crippen molar-refractivity contribution in [2.24, 2.45) is 0 Å². The molecular formula is C10H15NO4. The third-order valence-electron chi connectivity index (χ3n) is 2.29. The van der Waals surface area contributed by atoms with E-state index in [9.17, 15) is 4.79 Å². The fourth-order valence-corrected chi connectivity index (χ4v) is 1.57. The molecule has 0 radical (unpaired) electrons. The fraction of sp³-hybridized carbons (Fsp3) is 0.700. The van der Waals surface area contributed by atoms with Crippen molar-refractivity contribution in [3.63, 3.8) is 0 Å². The van der Waals surface area contributed by atoms with Gasteiger partial charge >= 0.3 is 6.09 Å². The van der Waals surface area contributed by atoms with E-state index in [1.165, 1.54) is 0 Å². The smallest absolute Gasteiger partial charge is 0.407 e. The number of cyclic esters (lactones) is 1. The van der Waals surface area contributed by atoms with Gasteiger partial charge < -0.3 is 19.5 Å². The lowest BCUT2D eigenvalue weighted by atomic mass is 10.2. The second kappa shape index (κ2) is 3.83. The second-order valence-corrected chi connectivity index (χ2v) is 4.10. The molecule has 5 nitrogen and oxygen atoms in total. The van der Waals surface area contributed by atoms with Gasteiger partial charge in [-0.2, -0.15) is 0 Å². The van der Waals surface area contributed by atoms with Crippen molar-refractivity contribution in [2.75, 3.05) is 13.2 Å². The molecule has 1 N–H and O–H groups in total. The molecule has 2 aliphatic rings. The van der Waals surface area contributed by atoms with E-state index in [0.717, 1.165) is 0 Å². The van der Waals surface area contributed by atoms with Gasteiger partial charge in [0.1, 0.15) is 12.7 Å². The topological polar surface area (TPSA) is 56.8 Å². The summed E-state index contributed by atoms with van der Waals surface area (Å²) in [6, 6.07) is -0.0511. The Balaban J connectivity index is 1.82. The van der Waals surface area contributed by atoms with Gasteiger partial charge in [0.25, 0.3) is 0 Å². The minimum absolute atomic E-state index is 0.0440. The minimum Gasteiger partial charge on any atom is -0.447 e. The number of hydrogen-bond donors (Lipinski definition) is 1. The van der Waals surface area contributed by atoms with Gasteiger partial charge in [-0.1, -0.05) is 12.2 Å². The molecule has 84 valence electrons. The van der Waals surface area contributed by atoms with Crippen molar-refractivity contribution < 1.29 is 19.0 Å². The second-order valence-electron chi connectivity index (χ2n) is 4.10. The van der Waals surface area contributed by atoms with Crippen LogP contribution < -0.4 is 5.32 Å². The predicted octanol–water partition coefficient (Wildman–Crippen LogP) is 0.802. The molecule has 0 aromatic heterocycles. The highest BCUT2D eigenvalue weighted by Crippen LogP contribution is 2.22. The van der Waals surface area contributed by atoms with E-state index in [1.54, 1.807) is 0 Å². The largest absolute Gasteiger partial charge is 0.447 e. The zero-order valence-electron chi connectivity index (χ0n) is 8.86. The molecule has 0 saturated carbocycles. The number of nitrogens with one attached hydrogen (secondary N) is 1. The zero-order valence-corrected chi connectivity index (χ0v) is 8.86. The maximum Gasteiger partial charge on any atom is 0.407 e. The van der Waals surface area contributed by atoms with Crippen molar-refractivity contribution in [2.45, 2.75) is 31.8 Å². The number of alkyl carbamates (subject to hydrolysis) is 1. The minimum atomic E-state index is -0.509. The molecule has 2 aliphatic heterocycles. The first-order chi connectivity index (χ1) is 7.05. The lowest BCUT2D eigenvalue weighted by Gasteiger charge is -2.15. The highest BCUT2D eigenvalue weighted by Gasteiger charge is 2.31. The Morgan fingerprint density at radius 2 is 2.20 bits per heavy atom. The van der Waals surface area contributed by atoms with Gasteiger partial charge in [0.15, 0.2) is 5.79 Å². The van der Waals surface area contributed by atoms with Crippen LogP contribution in [0, 0.1) is 0 Å². The Morgan fingerprint density at radius 3 is 2.73 bits per heavy atom. The van der Waals surface area contributed by atoms with Crippen molar-refractivity contribution in [3.05, 3.63) is 12.2 Å². The number of rotatable bonds is 2. The molecule has 2 rings (SSSR count). The summed E-state index contributed by atoms with van der Waals surface area (Å²) >= 11 is 0. The highest BCUT2D eigenvalue weighted by atomic mass is 16.7. The number of amides is 1. The predicted molar refractivity (Wildman–Crippen MR) is 52.3 cm³/mol. The summed E-state index contributed by atoms with van der Waals surface area (Å²) < 4.78 is 15.7. The number of carbonyl (C=O) groups excluding carboxylic acids is 1. The van der Waals surface area contributed by atoms with Crippen molar-refractivity contribution in [1.29, 1.82) is 0 Å². The molecule has 5 heteroatoms. The van der Waals surface area contributed by atoms with Gasteiger partial charge in [0, 0.05) is 0 Å². The van der Waals surface area contributed by atoms with E-state index in [2.05, 4.69) is 5.32 Å². The Bertz CT molecular complexity index is 287. The SMILES string of the molecule is CC1(C)OC[C@H](/C=C\[C@@H]2COC(=O)N2)O1. The normalized spacial score (nSPS) is 34.4. The Labute approximate surface area is 88.4 Å². The molecule has 0 aliphatic carbocycles. The van der Waals surface area contributed by atoms with Crippen LogP contribution in [0.3, 0.4) is 0 Å². The highest BCUT2D eigenvalue weighted by molar-refractivity contribution is 5.70. The maximum atomic E-state index is 10.7. The van der Waals surface area contributed by atoms with Crippen LogP contribution >= 0.6 is 0 Å². The summed E-state index contributed by atoms with van der Waals surface area (Å²) in [7, 11) is 0. The Hall–Kier alpha value is -1.07. The average Bonchev–Trinajstić information content (AvgIpc) is 2.69. The van der Waals surface area contributed by atoms with E-state index < -0.39 is 5.79 Å². The number of hydrogen-bond acceptors (Lipinski definition) is 4. The average molecular weight is 213 g/mol. The number of carbonyl (C=O) groups is 1. The fourth-order valence-electron chi connectivity index (χ4n) is 1.57. The zero-order chi connectivity index (χ0) is 10.9. The van der Waals surface area contributed by atoms with Gasteiger partial charge in [0.05, 0.1) is 12.6 Å². The van der Waals surface area contributed by atoms with Crippen LogP contribution in [0.5, 0.6) is 0 Å². The summed E-state index contributed by atoms with van der Waals surface area (Å²) in [6.07, 6.45) is 3.36. The van der Waals surface area contributed by atoms with Gasteiger partial charge in [0.2, 0.25) is 0 Å². The molecule has 2 atom stereocenters. The van der Waals surface area contributed by atoms with Crippen LogP contribution in [-0.2, 0) is 14.2 Å². The van der Waals surface area contributed by atoms with Crippen LogP contribution in [0.1, 0.15) is 13.8 Å². The summed E-state index contributed by atoms with van der Waals surface area (Å²) in [5.74, 6) is -0.509. The maximum absolute atomic E-state index is 10.7. The van der Waals surface area contributed by atoms with Gasteiger partial charge in [-0.3, -0.25) is 0 Å². The molecule has 0 unspecified atom stereocenters. The van der Waals surface area contributed by atoms with Crippen molar-refractivity contribution in [3.8, 4) is 0 Å². The van der Waals surface area contributed by atoms with Crippen molar-refractivity contribution >= 4 is 6.09 Å². The summed E-state index contributed by atoms with van der Waals surface area (Å²) in [4.78, 5) is 10.7. The molecule has 2 fully saturated rings. The van der Waals surface area contributed by atoms with Gasteiger partial charge in [-0.25, -0.2) is 4.79 Å². The standard InChI is InChI=1S/C10H15NO4/c1-10(2)14-6-8(15-10)4-3-7-5-13-9(12)11-7/h3-4,7-8H,5-6H2,1-2H3,(H,11,12)/b4-3-/t7-,8+/m1/s1. The van der Waals surface area contributed by atoms with Gasteiger partial charge in [-0.15, -0.1) is 0 Å². The lowest BCUT2D eigenvalue weighted by Crippen LogP contribution is -2.24. The molecule has 0 aromatic carbocycles. The molecule has 2 saturated heterocycles. The van der Waals surface area contributed by atoms with E-state index in [1.807, 2.05) is 26.0 Å². The Morgan fingerprint density at radius 1 is 1.40 bits per heavy atom. The molecule has 0 bridgehead atoms. The van der Waals surface area contributed by atoms with Crippen LogP contribution in [0.2, 0.25) is 0 Å². The van der Waals surface area contributed by atoms with E-state index in [4.69, 9.17) is 14.2 Å². The first kappa shape index (κ1) is 10.4. The van der Waals surface area contributed by atoms with Crippen LogP contribution in [-0.4, -0.2) is 37.2 Å². The summed E-state index contributed by atoms with van der Waals surface area (Å²) in [5.41, 5.74) is 0. The number of ether oxygens (including phenoxy) is 3. The lowest BCUT2D eigenvalue weighted by molar-refractivity contribution is -0.133. The van der Waals surface area contributed by atoms with Gasteiger partial charge in [-0.05, 0) is 13.8 Å². The van der Waals surface area contributed by atoms with Crippen LogP contribution in [0.25, 0.3) is 0 Å². The van der Waals surface area contributed by atoms with E-state index in [0.29, 0.717) is 13.2 Å². The van der Waals surface area contributed by atoms with E-state index in [-0.39, 0.29) is 18.2 Å². The molecular weight excluding hydrogens is 198 g/mol. The molecule has 1 amide bonds.